The van der Waals surface area contributed by atoms with Gasteiger partial charge in [-0.25, -0.2) is 9.59 Å². The fourth-order valence-corrected chi connectivity index (χ4v) is 5.19. The van der Waals surface area contributed by atoms with Crippen molar-refractivity contribution >= 4 is 25.3 Å². The van der Waals surface area contributed by atoms with Crippen molar-refractivity contribution < 1.29 is 33.5 Å². The molecule has 5 rings (SSSR count). The van der Waals surface area contributed by atoms with E-state index in [1.165, 1.54) is 13.2 Å². The zero-order chi connectivity index (χ0) is 29.4. The number of hydrogen-bond acceptors (Lipinski definition) is 6. The topological polar surface area (TPSA) is 103 Å². The second kappa shape index (κ2) is 11.1. The van der Waals surface area contributed by atoms with Crippen molar-refractivity contribution in [3.63, 3.8) is 0 Å². The number of carboxylic acids is 1. The van der Waals surface area contributed by atoms with Crippen molar-refractivity contribution in [1.82, 2.24) is 5.32 Å². The number of ether oxygens (including phenoxy) is 2. The van der Waals surface area contributed by atoms with E-state index in [1.807, 2.05) is 52.0 Å². The Labute approximate surface area is 240 Å². The van der Waals surface area contributed by atoms with Gasteiger partial charge in [0.1, 0.15) is 12.4 Å². The normalized spacial score (nSPS) is 17.1. The number of carboxylic acid groups (broad SMARTS) is 1. The van der Waals surface area contributed by atoms with Gasteiger partial charge in [0.25, 0.3) is 0 Å². The van der Waals surface area contributed by atoms with Crippen LogP contribution in [0.3, 0.4) is 0 Å². The zero-order valence-corrected chi connectivity index (χ0v) is 23.9. The standard InChI is InChI=1S/C32H34BNO7/c1-31(2)32(3,4)41-33(40-31)21(16-20-14-15-22(38-5)17-27(20)29(35)36)18-34-30(37)39-19-28-25-12-8-6-10-23(25)24-11-7-9-13-26(24)28/h6-17,28H,18-19H2,1-5H3,(H,34,37)(H,35,36). The Bertz CT molecular complexity index is 1450. The number of methoxy groups -OCH3 is 1. The first kappa shape index (κ1) is 28.5. The predicted octanol–water partition coefficient (Wildman–Crippen LogP) is 5.95. The van der Waals surface area contributed by atoms with Crippen LogP contribution in [0.5, 0.6) is 5.75 Å². The van der Waals surface area contributed by atoms with Crippen LogP contribution >= 0.6 is 0 Å². The molecule has 1 amide bonds. The van der Waals surface area contributed by atoms with Gasteiger partial charge in [0.2, 0.25) is 0 Å². The summed E-state index contributed by atoms with van der Waals surface area (Å²) >= 11 is 0. The molecule has 2 N–H and O–H groups in total. The Morgan fingerprint density at radius 3 is 2.10 bits per heavy atom. The Morgan fingerprint density at radius 2 is 1.54 bits per heavy atom. The fraction of sp³-hybridized carbons (Fsp3) is 0.312. The van der Waals surface area contributed by atoms with Gasteiger partial charge >= 0.3 is 19.2 Å². The fourth-order valence-electron chi connectivity index (χ4n) is 5.19. The minimum Gasteiger partial charge on any atom is -0.497 e. The van der Waals surface area contributed by atoms with Crippen molar-refractivity contribution in [2.75, 3.05) is 20.3 Å². The minimum absolute atomic E-state index is 0.0264. The maximum absolute atomic E-state index is 13.0. The molecule has 0 unspecified atom stereocenters. The van der Waals surface area contributed by atoms with E-state index in [-0.39, 0.29) is 24.6 Å². The summed E-state index contributed by atoms with van der Waals surface area (Å²) in [6.07, 6.45) is 1.08. The van der Waals surface area contributed by atoms with Crippen molar-refractivity contribution in [2.24, 2.45) is 0 Å². The highest BCUT2D eigenvalue weighted by Crippen LogP contribution is 2.44. The molecule has 0 atom stereocenters. The molecule has 3 aromatic rings. The first-order valence-electron chi connectivity index (χ1n) is 13.6. The number of aromatic carboxylic acids is 1. The molecule has 212 valence electrons. The molecule has 9 heteroatoms. The smallest absolute Gasteiger partial charge is 0.492 e. The molecule has 1 aliphatic heterocycles. The van der Waals surface area contributed by atoms with E-state index in [0.717, 1.165) is 22.3 Å². The predicted molar refractivity (Wildman–Crippen MR) is 157 cm³/mol. The molecule has 0 saturated carbocycles. The van der Waals surface area contributed by atoms with E-state index in [4.69, 9.17) is 18.8 Å². The Hall–Kier alpha value is -4.08. The molecule has 0 bridgehead atoms. The van der Waals surface area contributed by atoms with Gasteiger partial charge in [-0.05, 0) is 73.1 Å². The third-order valence-corrected chi connectivity index (χ3v) is 8.17. The van der Waals surface area contributed by atoms with Gasteiger partial charge in [0.05, 0.1) is 23.9 Å². The number of carbonyl (C=O) groups is 2. The molecule has 3 aromatic carbocycles. The van der Waals surface area contributed by atoms with Gasteiger partial charge in [-0.2, -0.15) is 0 Å². The first-order chi connectivity index (χ1) is 19.5. The SMILES string of the molecule is COc1ccc(C=C(CNC(=O)OCC2c3ccccc3-c3ccccc32)B2OC(C)(C)C(C)(C)O2)c(C(=O)O)c1. The monoisotopic (exact) mass is 555 g/mol. The van der Waals surface area contributed by atoms with Crippen LogP contribution in [0, 0.1) is 0 Å². The maximum atomic E-state index is 13.0. The van der Waals surface area contributed by atoms with E-state index in [9.17, 15) is 14.7 Å². The second-order valence-electron chi connectivity index (χ2n) is 11.2. The minimum atomic E-state index is -1.10. The number of hydrogen-bond donors (Lipinski definition) is 2. The van der Waals surface area contributed by atoms with Crippen LogP contribution < -0.4 is 10.1 Å². The lowest BCUT2D eigenvalue weighted by Gasteiger charge is -2.32. The molecule has 1 saturated heterocycles. The Balaban J connectivity index is 1.35. The third-order valence-electron chi connectivity index (χ3n) is 8.17. The summed E-state index contributed by atoms with van der Waals surface area (Å²) in [6, 6.07) is 21.1. The molecule has 2 aliphatic rings. The third kappa shape index (κ3) is 5.60. The van der Waals surface area contributed by atoms with E-state index in [2.05, 4.69) is 29.6 Å². The second-order valence-corrected chi connectivity index (χ2v) is 11.2. The molecule has 0 radical (unpaired) electrons. The number of benzene rings is 3. The highest BCUT2D eigenvalue weighted by molar-refractivity contribution is 6.56. The highest BCUT2D eigenvalue weighted by Gasteiger charge is 2.52. The van der Waals surface area contributed by atoms with Crippen LogP contribution in [0.2, 0.25) is 0 Å². The zero-order valence-electron chi connectivity index (χ0n) is 23.9. The van der Waals surface area contributed by atoms with Gasteiger partial charge in [0.15, 0.2) is 0 Å². The van der Waals surface area contributed by atoms with E-state index in [0.29, 0.717) is 16.8 Å². The lowest BCUT2D eigenvalue weighted by molar-refractivity contribution is 0.00578. The average Bonchev–Trinajstić information content (AvgIpc) is 3.38. The van der Waals surface area contributed by atoms with Gasteiger partial charge < -0.3 is 29.2 Å². The van der Waals surface area contributed by atoms with Gasteiger partial charge in [0, 0.05) is 12.5 Å². The van der Waals surface area contributed by atoms with E-state index in [1.54, 1.807) is 18.2 Å². The number of amides is 1. The molecular formula is C32H34BNO7. The number of nitrogens with one attached hydrogen (secondary N) is 1. The first-order valence-corrected chi connectivity index (χ1v) is 13.6. The molecule has 0 spiro atoms. The van der Waals surface area contributed by atoms with Crippen molar-refractivity contribution in [3.8, 4) is 16.9 Å². The highest BCUT2D eigenvalue weighted by atomic mass is 16.7. The maximum Gasteiger partial charge on any atom is 0.492 e. The lowest BCUT2D eigenvalue weighted by Crippen LogP contribution is -2.41. The summed E-state index contributed by atoms with van der Waals surface area (Å²) < 4.78 is 23.4. The van der Waals surface area contributed by atoms with Gasteiger partial charge in [-0.1, -0.05) is 60.7 Å². The summed E-state index contributed by atoms with van der Waals surface area (Å²) in [4.78, 5) is 25.0. The number of alkyl carbamates (subject to hydrolysis) is 1. The Morgan fingerprint density at radius 1 is 0.951 bits per heavy atom. The van der Waals surface area contributed by atoms with Crippen LogP contribution in [0.25, 0.3) is 17.2 Å². The molecule has 41 heavy (non-hydrogen) atoms. The lowest BCUT2D eigenvalue weighted by atomic mass is 9.76. The molecule has 1 heterocycles. The summed E-state index contributed by atoms with van der Waals surface area (Å²) in [5.41, 5.74) is 4.32. The van der Waals surface area contributed by atoms with Crippen molar-refractivity contribution in [3.05, 3.63) is 94.5 Å². The van der Waals surface area contributed by atoms with E-state index < -0.39 is 30.4 Å². The van der Waals surface area contributed by atoms with E-state index >= 15 is 0 Å². The molecule has 8 nitrogen and oxygen atoms in total. The number of rotatable bonds is 8. The summed E-state index contributed by atoms with van der Waals surface area (Å²) in [7, 11) is 0.669. The van der Waals surface area contributed by atoms with Gasteiger partial charge in [-0.15, -0.1) is 0 Å². The average molecular weight is 555 g/mol. The summed E-state index contributed by atoms with van der Waals surface area (Å²) in [5, 5.41) is 12.6. The van der Waals surface area contributed by atoms with Gasteiger partial charge in [-0.3, -0.25) is 0 Å². The summed E-state index contributed by atoms with van der Waals surface area (Å²) in [5.74, 6) is -0.745. The molecular weight excluding hydrogens is 521 g/mol. The van der Waals surface area contributed by atoms with Crippen LogP contribution in [0.1, 0.15) is 60.7 Å². The molecule has 1 aliphatic carbocycles. The summed E-state index contributed by atoms with van der Waals surface area (Å²) in [6.45, 7) is 7.92. The largest absolute Gasteiger partial charge is 0.497 e. The molecule has 0 aromatic heterocycles. The quantitative estimate of drug-likeness (QED) is 0.331. The van der Waals surface area contributed by atoms with Crippen molar-refractivity contribution in [1.29, 1.82) is 0 Å². The van der Waals surface area contributed by atoms with Crippen LogP contribution in [0.15, 0.2) is 72.2 Å². The number of fused-ring (bicyclic) bond motifs is 3. The number of carbonyl (C=O) groups excluding carboxylic acids is 1. The van der Waals surface area contributed by atoms with Crippen LogP contribution in [0.4, 0.5) is 4.79 Å². The molecule has 1 fully saturated rings. The van der Waals surface area contributed by atoms with Crippen LogP contribution in [-0.2, 0) is 14.0 Å². The van der Waals surface area contributed by atoms with Crippen molar-refractivity contribution in [2.45, 2.75) is 44.8 Å². The van der Waals surface area contributed by atoms with Crippen LogP contribution in [-0.4, -0.2) is 55.8 Å². The Kier molecular flexibility index (Phi) is 7.68.